The third kappa shape index (κ3) is 3.21. The van der Waals surface area contributed by atoms with Crippen LogP contribution in [0.2, 0.25) is 0 Å². The molecule has 0 amide bonds. The molecule has 2 rings (SSSR count). The lowest BCUT2D eigenvalue weighted by atomic mass is 10.2. The van der Waals surface area contributed by atoms with Gasteiger partial charge in [-0.15, -0.1) is 11.6 Å². The minimum absolute atomic E-state index is 0.318. The predicted molar refractivity (Wildman–Crippen MR) is 71.0 cm³/mol. The van der Waals surface area contributed by atoms with Crippen molar-refractivity contribution < 1.29 is 12.8 Å². The number of benzene rings is 1. The monoisotopic (exact) mass is 300 g/mol. The second-order valence-corrected chi connectivity index (χ2v) is 5.59. The van der Waals surface area contributed by atoms with Crippen molar-refractivity contribution in [2.24, 2.45) is 0 Å². The minimum Gasteiger partial charge on any atom is -0.278 e. The van der Waals surface area contributed by atoms with Crippen LogP contribution in [-0.4, -0.2) is 13.4 Å². The van der Waals surface area contributed by atoms with Crippen molar-refractivity contribution in [1.29, 1.82) is 0 Å². The Kier molecular flexibility index (Phi) is 4.01. The van der Waals surface area contributed by atoms with Crippen molar-refractivity contribution in [2.75, 3.05) is 4.72 Å². The number of alkyl halides is 1. The van der Waals surface area contributed by atoms with Crippen molar-refractivity contribution >= 4 is 27.3 Å². The third-order valence-corrected chi connectivity index (χ3v) is 3.96. The van der Waals surface area contributed by atoms with E-state index in [1.165, 1.54) is 12.3 Å². The van der Waals surface area contributed by atoms with E-state index in [1.807, 2.05) is 0 Å². The minimum atomic E-state index is -4.03. The molecule has 0 saturated carbocycles. The SMILES string of the molecule is O=S(=O)(Nc1ccc(CCl)cc1)c1ncccc1F. The topological polar surface area (TPSA) is 59.1 Å². The van der Waals surface area contributed by atoms with Crippen LogP contribution >= 0.6 is 11.6 Å². The Morgan fingerprint density at radius 2 is 1.89 bits per heavy atom. The summed E-state index contributed by atoms with van der Waals surface area (Å²) in [5.41, 5.74) is 1.17. The molecule has 1 aromatic carbocycles. The van der Waals surface area contributed by atoms with E-state index in [-0.39, 0.29) is 0 Å². The summed E-state index contributed by atoms with van der Waals surface area (Å²) in [5, 5.41) is -0.628. The Morgan fingerprint density at radius 3 is 2.47 bits per heavy atom. The smallest absolute Gasteiger partial charge is 0.278 e. The first kappa shape index (κ1) is 13.8. The quantitative estimate of drug-likeness (QED) is 0.883. The van der Waals surface area contributed by atoms with Crippen LogP contribution < -0.4 is 4.72 Å². The maximum atomic E-state index is 13.4. The van der Waals surface area contributed by atoms with Crippen molar-refractivity contribution in [3.05, 3.63) is 54.0 Å². The molecule has 1 heterocycles. The molecule has 2 aromatic rings. The summed E-state index contributed by atoms with van der Waals surface area (Å²) in [6.07, 6.45) is 1.22. The van der Waals surface area contributed by atoms with Gasteiger partial charge >= 0.3 is 0 Å². The number of anilines is 1. The first-order valence-electron chi connectivity index (χ1n) is 5.31. The van der Waals surface area contributed by atoms with Crippen molar-refractivity contribution in [3.63, 3.8) is 0 Å². The van der Waals surface area contributed by atoms with Gasteiger partial charge in [0.1, 0.15) is 0 Å². The summed E-state index contributed by atoms with van der Waals surface area (Å²) in [4.78, 5) is 3.53. The van der Waals surface area contributed by atoms with Crippen LogP contribution in [0.15, 0.2) is 47.6 Å². The molecule has 100 valence electrons. The number of hydrogen-bond donors (Lipinski definition) is 1. The molecule has 0 aliphatic carbocycles. The highest BCUT2D eigenvalue weighted by atomic mass is 35.5. The second-order valence-electron chi connectivity index (χ2n) is 3.73. The lowest BCUT2D eigenvalue weighted by Crippen LogP contribution is -2.16. The molecule has 1 aromatic heterocycles. The highest BCUT2D eigenvalue weighted by molar-refractivity contribution is 7.92. The molecule has 0 unspecified atom stereocenters. The Bertz CT molecular complexity index is 674. The van der Waals surface area contributed by atoms with Gasteiger partial charge in [0.15, 0.2) is 5.82 Å². The van der Waals surface area contributed by atoms with Crippen molar-refractivity contribution in [1.82, 2.24) is 4.98 Å². The first-order valence-corrected chi connectivity index (χ1v) is 7.33. The summed E-state index contributed by atoms with van der Waals surface area (Å²) >= 11 is 5.63. The summed E-state index contributed by atoms with van der Waals surface area (Å²) in [5.74, 6) is -0.561. The van der Waals surface area contributed by atoms with E-state index in [9.17, 15) is 12.8 Å². The van der Waals surface area contributed by atoms with Gasteiger partial charge in [0, 0.05) is 17.8 Å². The van der Waals surface area contributed by atoms with E-state index in [1.54, 1.807) is 24.3 Å². The van der Waals surface area contributed by atoms with Crippen LogP contribution in [-0.2, 0) is 15.9 Å². The van der Waals surface area contributed by atoms with Gasteiger partial charge in [-0.05, 0) is 29.8 Å². The van der Waals surface area contributed by atoms with E-state index in [0.717, 1.165) is 11.6 Å². The standard InChI is InChI=1S/C12H10ClFN2O2S/c13-8-9-3-5-10(6-4-9)16-19(17,18)12-11(14)2-1-7-15-12/h1-7,16H,8H2. The molecular formula is C12H10ClFN2O2S. The van der Waals surface area contributed by atoms with Gasteiger partial charge in [-0.2, -0.15) is 8.42 Å². The molecule has 0 fully saturated rings. The van der Waals surface area contributed by atoms with E-state index < -0.39 is 20.9 Å². The number of sulfonamides is 1. The van der Waals surface area contributed by atoms with Gasteiger partial charge < -0.3 is 0 Å². The molecule has 0 atom stereocenters. The second kappa shape index (κ2) is 5.54. The Morgan fingerprint density at radius 1 is 1.21 bits per heavy atom. The predicted octanol–water partition coefficient (Wildman–Crippen LogP) is 2.76. The average Bonchev–Trinajstić information content (AvgIpc) is 2.39. The van der Waals surface area contributed by atoms with Crippen LogP contribution in [0.5, 0.6) is 0 Å². The highest BCUT2D eigenvalue weighted by Gasteiger charge is 2.20. The number of nitrogens with one attached hydrogen (secondary N) is 1. The Labute approximate surface area is 115 Å². The fraction of sp³-hybridized carbons (Fsp3) is 0.0833. The Hall–Kier alpha value is -1.66. The third-order valence-electron chi connectivity index (χ3n) is 2.34. The zero-order valence-corrected chi connectivity index (χ0v) is 11.2. The zero-order chi connectivity index (χ0) is 13.9. The van der Waals surface area contributed by atoms with Crippen LogP contribution in [0.25, 0.3) is 0 Å². The number of pyridine rings is 1. The molecule has 0 aliphatic rings. The fourth-order valence-corrected chi connectivity index (χ4v) is 2.68. The molecule has 0 saturated heterocycles. The normalized spacial score (nSPS) is 11.3. The van der Waals surface area contributed by atoms with Crippen molar-refractivity contribution in [2.45, 2.75) is 10.9 Å². The van der Waals surface area contributed by atoms with E-state index >= 15 is 0 Å². The van der Waals surface area contributed by atoms with Gasteiger partial charge in [-0.3, -0.25) is 4.72 Å². The number of aromatic nitrogens is 1. The van der Waals surface area contributed by atoms with E-state index in [0.29, 0.717) is 11.6 Å². The summed E-state index contributed by atoms with van der Waals surface area (Å²) in [6.45, 7) is 0. The van der Waals surface area contributed by atoms with Gasteiger partial charge in [-0.1, -0.05) is 12.1 Å². The molecule has 19 heavy (non-hydrogen) atoms. The largest absolute Gasteiger partial charge is 0.282 e. The average molecular weight is 301 g/mol. The fourth-order valence-electron chi connectivity index (χ4n) is 1.43. The molecule has 0 bridgehead atoms. The summed E-state index contributed by atoms with van der Waals surface area (Å²) in [6, 6.07) is 8.83. The van der Waals surface area contributed by atoms with Crippen molar-refractivity contribution in [3.8, 4) is 0 Å². The van der Waals surface area contributed by atoms with Crippen LogP contribution in [0.1, 0.15) is 5.56 Å². The van der Waals surface area contributed by atoms with Gasteiger partial charge in [0.2, 0.25) is 5.03 Å². The molecule has 0 aliphatic heterocycles. The lowest BCUT2D eigenvalue weighted by molar-refractivity contribution is 0.557. The maximum Gasteiger partial charge on any atom is 0.282 e. The van der Waals surface area contributed by atoms with Crippen LogP contribution in [0.4, 0.5) is 10.1 Å². The van der Waals surface area contributed by atoms with Crippen LogP contribution in [0.3, 0.4) is 0 Å². The highest BCUT2D eigenvalue weighted by Crippen LogP contribution is 2.17. The molecular weight excluding hydrogens is 291 g/mol. The van der Waals surface area contributed by atoms with Gasteiger partial charge in [0.25, 0.3) is 10.0 Å². The lowest BCUT2D eigenvalue weighted by Gasteiger charge is -2.08. The number of rotatable bonds is 4. The van der Waals surface area contributed by atoms with Gasteiger partial charge in [-0.25, -0.2) is 9.37 Å². The van der Waals surface area contributed by atoms with E-state index in [2.05, 4.69) is 9.71 Å². The maximum absolute atomic E-state index is 13.4. The van der Waals surface area contributed by atoms with Gasteiger partial charge in [0.05, 0.1) is 0 Å². The molecule has 0 spiro atoms. The molecule has 7 heteroatoms. The molecule has 0 radical (unpaired) electrons. The zero-order valence-electron chi connectivity index (χ0n) is 9.68. The first-order chi connectivity index (χ1) is 9.03. The summed E-state index contributed by atoms with van der Waals surface area (Å²) in [7, 11) is -4.03. The molecule has 4 nitrogen and oxygen atoms in total. The molecule has 1 N–H and O–H groups in total. The van der Waals surface area contributed by atoms with Crippen LogP contribution in [0, 0.1) is 5.82 Å². The number of halogens is 2. The number of hydrogen-bond acceptors (Lipinski definition) is 3. The Balaban J connectivity index is 2.28. The van der Waals surface area contributed by atoms with E-state index in [4.69, 9.17) is 11.6 Å². The summed E-state index contributed by atoms with van der Waals surface area (Å²) < 4.78 is 39.5. The number of nitrogens with zero attached hydrogens (tertiary/aromatic N) is 1.